The van der Waals surface area contributed by atoms with Crippen LogP contribution in [-0.4, -0.2) is 25.1 Å². The van der Waals surface area contributed by atoms with Crippen molar-refractivity contribution in [2.45, 2.75) is 38.5 Å². The average molecular weight is 271 g/mol. The van der Waals surface area contributed by atoms with E-state index in [4.69, 9.17) is 0 Å². The number of carbonyl (C=O) groups excluding carboxylic acids is 4. The third kappa shape index (κ3) is 37.8. The summed E-state index contributed by atoms with van der Waals surface area (Å²) in [7, 11) is 0. The van der Waals surface area contributed by atoms with E-state index in [2.05, 4.69) is 0 Å². The topological polar surface area (TPSA) is 68.3 Å². The highest BCUT2D eigenvalue weighted by Gasteiger charge is 1.80. The third-order valence-electron chi connectivity index (χ3n) is 1.29. The maximum Gasteiger partial charge on any atom is 0.120 e. The van der Waals surface area contributed by atoms with Crippen LogP contribution in [0, 0.1) is 0 Å². The van der Waals surface area contributed by atoms with Crippen molar-refractivity contribution in [2.24, 2.45) is 0 Å². The van der Waals surface area contributed by atoms with Gasteiger partial charge in [-0.15, -0.1) is 0 Å². The van der Waals surface area contributed by atoms with Gasteiger partial charge in [0.2, 0.25) is 0 Å². The van der Waals surface area contributed by atoms with Gasteiger partial charge >= 0.3 is 0 Å². The van der Waals surface area contributed by atoms with E-state index in [9.17, 15) is 19.2 Å². The van der Waals surface area contributed by atoms with E-state index in [1.807, 2.05) is 0 Å². The van der Waals surface area contributed by atoms with E-state index >= 15 is 0 Å². The van der Waals surface area contributed by atoms with E-state index in [0.717, 1.165) is 25.1 Å². The summed E-state index contributed by atoms with van der Waals surface area (Å²) in [6.07, 6.45) is 6.74. The van der Waals surface area contributed by atoms with Gasteiger partial charge in [-0.3, -0.25) is 0 Å². The summed E-state index contributed by atoms with van der Waals surface area (Å²) < 4.78 is 0. The Morgan fingerprint density at radius 1 is 0.500 bits per heavy atom. The van der Waals surface area contributed by atoms with Crippen LogP contribution < -0.4 is 24.8 Å². The summed E-state index contributed by atoms with van der Waals surface area (Å²) in [5.41, 5.74) is 0. The Balaban J connectivity index is -0.0000000800. The van der Waals surface area contributed by atoms with E-state index in [1.54, 1.807) is 0 Å². The average Bonchev–Trinajstić information content (AvgIpc) is 2.21. The number of hydrogen-bond acceptors (Lipinski definition) is 4. The second-order valence-electron chi connectivity index (χ2n) is 2.53. The van der Waals surface area contributed by atoms with Crippen molar-refractivity contribution in [3.63, 3.8) is 0 Å². The summed E-state index contributed by atoms with van der Waals surface area (Å²) in [5, 5.41) is 0. The van der Waals surface area contributed by atoms with Gasteiger partial charge < -0.3 is 44.0 Å². The molecule has 0 saturated heterocycles. The molecule has 0 spiro atoms. The summed E-state index contributed by atoms with van der Waals surface area (Å²) in [4.78, 5) is 38.3. The standard InChI is InChI=1S/2C5H8O2.2ClH/c2*6-4-2-1-3-5-7;;/h2*4-5H,1-3H2;2*1H/p-2. The molecule has 16 heavy (non-hydrogen) atoms. The highest BCUT2D eigenvalue weighted by Crippen LogP contribution is 1.86. The highest BCUT2D eigenvalue weighted by molar-refractivity contribution is 5.53. The first-order chi connectivity index (χ1) is 6.83. The van der Waals surface area contributed by atoms with Crippen LogP contribution in [0.15, 0.2) is 0 Å². The molecular weight excluding hydrogens is 255 g/mol. The molecule has 0 saturated carbocycles. The molecule has 0 aliphatic heterocycles. The first-order valence-electron chi connectivity index (χ1n) is 4.58. The fraction of sp³-hybridized carbons (Fsp3) is 0.600. The van der Waals surface area contributed by atoms with Crippen molar-refractivity contribution < 1.29 is 44.0 Å². The first kappa shape index (κ1) is 24.5. The lowest BCUT2D eigenvalue weighted by atomic mass is 10.3. The molecule has 4 nitrogen and oxygen atoms in total. The molecule has 0 amide bonds. The molecule has 6 heteroatoms. The Bertz CT molecular complexity index is 129. The molecule has 0 aromatic carbocycles. The van der Waals surface area contributed by atoms with Crippen LogP contribution in [0.1, 0.15) is 38.5 Å². The summed E-state index contributed by atoms with van der Waals surface area (Å²) in [6.45, 7) is 0. The monoisotopic (exact) mass is 270 g/mol. The molecule has 0 bridgehead atoms. The van der Waals surface area contributed by atoms with Gasteiger partial charge in [0.05, 0.1) is 0 Å². The number of carbonyl (C=O) groups is 4. The van der Waals surface area contributed by atoms with Crippen LogP contribution in [0.25, 0.3) is 0 Å². The predicted octanol–water partition coefficient (Wildman–Crippen LogP) is -4.88. The maximum absolute atomic E-state index is 9.56. The van der Waals surface area contributed by atoms with Gasteiger partial charge in [-0.05, 0) is 12.8 Å². The minimum atomic E-state index is 0. The van der Waals surface area contributed by atoms with Crippen LogP contribution in [0.5, 0.6) is 0 Å². The van der Waals surface area contributed by atoms with Crippen LogP contribution in [0.2, 0.25) is 0 Å². The van der Waals surface area contributed by atoms with Gasteiger partial charge in [0, 0.05) is 25.7 Å². The Kier molecular flexibility index (Phi) is 44.7. The van der Waals surface area contributed by atoms with Crippen molar-refractivity contribution in [1.29, 1.82) is 0 Å². The van der Waals surface area contributed by atoms with Gasteiger partial charge in [-0.25, -0.2) is 0 Å². The zero-order chi connectivity index (χ0) is 11.1. The van der Waals surface area contributed by atoms with Gasteiger partial charge in [0.1, 0.15) is 25.1 Å². The predicted molar refractivity (Wildman–Crippen MR) is 52.0 cm³/mol. The Labute approximate surface area is 108 Å². The molecule has 0 rings (SSSR count). The highest BCUT2D eigenvalue weighted by atomic mass is 35.5. The number of aldehydes is 4. The number of hydrogen-bond donors (Lipinski definition) is 0. The van der Waals surface area contributed by atoms with E-state index < -0.39 is 0 Å². The molecule has 96 valence electrons. The molecule has 0 N–H and O–H groups in total. The Morgan fingerprint density at radius 2 is 0.688 bits per heavy atom. The van der Waals surface area contributed by atoms with Crippen molar-refractivity contribution in [1.82, 2.24) is 0 Å². The van der Waals surface area contributed by atoms with Crippen LogP contribution in [0.3, 0.4) is 0 Å². The molecule has 0 fully saturated rings. The van der Waals surface area contributed by atoms with E-state index in [1.165, 1.54) is 0 Å². The minimum Gasteiger partial charge on any atom is -1.00 e. The molecule has 0 heterocycles. The summed E-state index contributed by atoms with van der Waals surface area (Å²) >= 11 is 0. The fourth-order valence-corrected chi connectivity index (χ4v) is 0.569. The lowest BCUT2D eigenvalue weighted by molar-refractivity contribution is -0.110. The number of halogens is 2. The lowest BCUT2D eigenvalue weighted by Crippen LogP contribution is -3.00. The largest absolute Gasteiger partial charge is 1.00 e. The van der Waals surface area contributed by atoms with Crippen molar-refractivity contribution >= 4 is 25.1 Å². The van der Waals surface area contributed by atoms with Gasteiger partial charge in [0.15, 0.2) is 0 Å². The molecule has 0 atom stereocenters. The van der Waals surface area contributed by atoms with Crippen molar-refractivity contribution in [2.75, 3.05) is 0 Å². The SMILES string of the molecule is O=CCCCC=O.O=CCCCC=O.[Cl-].[Cl-]. The van der Waals surface area contributed by atoms with Gasteiger partial charge in [-0.2, -0.15) is 0 Å². The molecule has 0 aromatic rings. The van der Waals surface area contributed by atoms with E-state index in [-0.39, 0.29) is 24.8 Å². The second-order valence-corrected chi connectivity index (χ2v) is 2.53. The first-order valence-corrected chi connectivity index (χ1v) is 4.58. The minimum absolute atomic E-state index is 0. The molecule has 0 radical (unpaired) electrons. The molecule has 0 aliphatic rings. The second kappa shape index (κ2) is 29.2. The smallest absolute Gasteiger partial charge is 0.120 e. The van der Waals surface area contributed by atoms with Crippen LogP contribution >= 0.6 is 0 Å². The molecule has 0 aliphatic carbocycles. The molecule has 0 aromatic heterocycles. The maximum atomic E-state index is 9.56. The van der Waals surface area contributed by atoms with Gasteiger partial charge in [-0.1, -0.05) is 0 Å². The summed E-state index contributed by atoms with van der Waals surface area (Å²) in [6, 6.07) is 0. The molecule has 0 unspecified atom stereocenters. The zero-order valence-corrected chi connectivity index (χ0v) is 10.5. The third-order valence-corrected chi connectivity index (χ3v) is 1.29. The quantitative estimate of drug-likeness (QED) is 0.328. The molecular formula is C10H16Cl2O4-2. The Morgan fingerprint density at radius 3 is 0.812 bits per heavy atom. The summed E-state index contributed by atoms with van der Waals surface area (Å²) in [5.74, 6) is 0. The Hall–Kier alpha value is -0.740. The lowest BCUT2D eigenvalue weighted by Gasteiger charge is -1.78. The van der Waals surface area contributed by atoms with E-state index in [0.29, 0.717) is 38.5 Å². The fourth-order valence-electron chi connectivity index (χ4n) is 0.569. The van der Waals surface area contributed by atoms with Crippen molar-refractivity contribution in [3.8, 4) is 0 Å². The van der Waals surface area contributed by atoms with Crippen LogP contribution in [0.4, 0.5) is 0 Å². The van der Waals surface area contributed by atoms with Crippen LogP contribution in [-0.2, 0) is 19.2 Å². The van der Waals surface area contributed by atoms with Gasteiger partial charge in [0.25, 0.3) is 0 Å². The zero-order valence-electron chi connectivity index (χ0n) is 8.94. The van der Waals surface area contributed by atoms with Crippen molar-refractivity contribution in [3.05, 3.63) is 0 Å². The number of unbranched alkanes of at least 4 members (excludes halogenated alkanes) is 4. The normalized spacial score (nSPS) is 7.00. The number of rotatable bonds is 8.